The van der Waals surface area contributed by atoms with Gasteiger partial charge in [0.2, 0.25) is 0 Å². The van der Waals surface area contributed by atoms with Crippen molar-refractivity contribution >= 4 is 23.2 Å². The summed E-state index contributed by atoms with van der Waals surface area (Å²) in [5, 5.41) is 11.0. The highest BCUT2D eigenvalue weighted by atomic mass is 35.5. The first-order chi connectivity index (χ1) is 6.12. The maximum atomic E-state index is 9.90. The molecule has 0 atom stereocenters. The third-order valence-corrected chi connectivity index (χ3v) is 2.66. The quantitative estimate of drug-likeness (QED) is 0.784. The molecule has 1 N–H and O–H groups in total. The summed E-state index contributed by atoms with van der Waals surface area (Å²) in [7, 11) is 0. The summed E-state index contributed by atoms with van der Waals surface area (Å²) in [5.41, 5.74) is -0.230. The molecule has 1 aromatic rings. The molecular weight excluding hydrogens is 211 g/mol. The summed E-state index contributed by atoms with van der Waals surface area (Å²) in [6, 6.07) is 5.06. The van der Waals surface area contributed by atoms with Crippen LogP contribution in [0.15, 0.2) is 18.2 Å². The van der Waals surface area contributed by atoms with Gasteiger partial charge >= 0.3 is 0 Å². The predicted molar refractivity (Wildman–Crippen MR) is 51.2 cm³/mol. The Balaban J connectivity index is 2.40. The van der Waals surface area contributed by atoms with Crippen LogP contribution in [0.4, 0.5) is 0 Å². The maximum Gasteiger partial charge on any atom is 0.137 e. The molecule has 13 heavy (non-hydrogen) atoms. The Hall–Kier alpha value is -0.280. The number of halogens is 2. The van der Waals surface area contributed by atoms with Gasteiger partial charge in [0.25, 0.3) is 0 Å². The van der Waals surface area contributed by atoms with E-state index in [0.29, 0.717) is 28.8 Å². The lowest BCUT2D eigenvalue weighted by molar-refractivity contribution is -0.184. The minimum Gasteiger partial charge on any atom is -0.380 e. The lowest BCUT2D eigenvalue weighted by Crippen LogP contribution is -2.46. The Bertz CT molecular complexity index is 334. The van der Waals surface area contributed by atoms with Crippen LogP contribution in [0.25, 0.3) is 0 Å². The number of hydrogen-bond donors (Lipinski definition) is 1. The standard InChI is InChI=1S/C9H8Cl2O2/c10-6-1-2-7(8(11)3-6)9(12)4-13-5-9/h1-3,12H,4-5H2. The van der Waals surface area contributed by atoms with Crippen molar-refractivity contribution in [2.45, 2.75) is 5.60 Å². The van der Waals surface area contributed by atoms with Crippen molar-refractivity contribution in [3.05, 3.63) is 33.8 Å². The molecule has 0 saturated carbocycles. The Morgan fingerprint density at radius 3 is 2.46 bits per heavy atom. The molecule has 1 fully saturated rings. The van der Waals surface area contributed by atoms with Crippen LogP contribution < -0.4 is 0 Å². The molecule has 0 amide bonds. The third-order valence-electron chi connectivity index (χ3n) is 2.11. The molecule has 0 aliphatic carbocycles. The van der Waals surface area contributed by atoms with Gasteiger partial charge in [-0.15, -0.1) is 0 Å². The molecule has 1 saturated heterocycles. The van der Waals surface area contributed by atoms with E-state index in [1.807, 2.05) is 0 Å². The molecule has 0 aromatic heterocycles. The van der Waals surface area contributed by atoms with E-state index in [1.165, 1.54) is 0 Å². The Labute approximate surface area is 86.0 Å². The van der Waals surface area contributed by atoms with Crippen molar-refractivity contribution in [3.8, 4) is 0 Å². The van der Waals surface area contributed by atoms with Gasteiger partial charge < -0.3 is 9.84 Å². The van der Waals surface area contributed by atoms with E-state index in [0.717, 1.165) is 0 Å². The van der Waals surface area contributed by atoms with E-state index in [4.69, 9.17) is 27.9 Å². The third kappa shape index (κ3) is 1.55. The molecule has 0 unspecified atom stereocenters. The van der Waals surface area contributed by atoms with Crippen LogP contribution in [0.3, 0.4) is 0 Å². The molecule has 0 radical (unpaired) electrons. The van der Waals surface area contributed by atoms with Gasteiger partial charge in [0.15, 0.2) is 0 Å². The fraction of sp³-hybridized carbons (Fsp3) is 0.333. The smallest absolute Gasteiger partial charge is 0.137 e. The van der Waals surface area contributed by atoms with Gasteiger partial charge in [0.05, 0.1) is 13.2 Å². The number of ether oxygens (including phenoxy) is 1. The summed E-state index contributed by atoms with van der Waals surface area (Å²) in [4.78, 5) is 0. The minimum absolute atomic E-state index is 0.300. The normalized spacial score (nSPS) is 19.6. The summed E-state index contributed by atoms with van der Waals surface area (Å²) >= 11 is 11.7. The van der Waals surface area contributed by atoms with Crippen LogP contribution in [-0.2, 0) is 10.3 Å². The van der Waals surface area contributed by atoms with Crippen LogP contribution in [-0.4, -0.2) is 18.3 Å². The SMILES string of the molecule is OC1(c2ccc(Cl)cc2Cl)COC1. The van der Waals surface area contributed by atoms with Crippen LogP contribution in [0, 0.1) is 0 Å². The van der Waals surface area contributed by atoms with E-state index in [1.54, 1.807) is 18.2 Å². The maximum absolute atomic E-state index is 9.90. The monoisotopic (exact) mass is 218 g/mol. The van der Waals surface area contributed by atoms with Crippen molar-refractivity contribution in [2.24, 2.45) is 0 Å². The minimum atomic E-state index is -0.915. The first kappa shape index (κ1) is 9.28. The molecule has 2 rings (SSSR count). The molecule has 4 heteroatoms. The van der Waals surface area contributed by atoms with Gasteiger partial charge in [-0.1, -0.05) is 29.3 Å². The highest BCUT2D eigenvalue weighted by Crippen LogP contribution is 2.35. The number of benzene rings is 1. The molecule has 1 aromatic carbocycles. The highest BCUT2D eigenvalue weighted by molar-refractivity contribution is 6.35. The summed E-state index contributed by atoms with van der Waals surface area (Å²) in [6.45, 7) is 0.600. The second-order valence-electron chi connectivity index (χ2n) is 3.15. The highest BCUT2D eigenvalue weighted by Gasteiger charge is 2.39. The van der Waals surface area contributed by atoms with E-state index < -0.39 is 5.60 Å². The van der Waals surface area contributed by atoms with Gasteiger partial charge in [0, 0.05) is 15.6 Å². The van der Waals surface area contributed by atoms with Crippen LogP contribution >= 0.6 is 23.2 Å². The molecule has 2 nitrogen and oxygen atoms in total. The number of rotatable bonds is 1. The fourth-order valence-corrected chi connectivity index (χ4v) is 1.90. The lowest BCUT2D eigenvalue weighted by Gasteiger charge is -2.37. The molecule has 0 spiro atoms. The molecular formula is C9H8Cl2O2. The van der Waals surface area contributed by atoms with E-state index in [-0.39, 0.29) is 0 Å². The number of hydrogen-bond acceptors (Lipinski definition) is 2. The molecule has 0 bridgehead atoms. The van der Waals surface area contributed by atoms with Crippen LogP contribution in [0.2, 0.25) is 10.0 Å². The Kier molecular flexibility index (Phi) is 2.24. The average Bonchev–Trinajstić information content (AvgIpc) is 2.00. The first-order valence-corrected chi connectivity index (χ1v) is 4.63. The topological polar surface area (TPSA) is 29.5 Å². The first-order valence-electron chi connectivity index (χ1n) is 3.87. The lowest BCUT2D eigenvalue weighted by atomic mass is 9.92. The predicted octanol–water partition coefficient (Wildman–Crippen LogP) is 2.21. The van der Waals surface area contributed by atoms with Gasteiger partial charge in [-0.05, 0) is 12.1 Å². The van der Waals surface area contributed by atoms with Crippen molar-refractivity contribution in [1.82, 2.24) is 0 Å². The van der Waals surface area contributed by atoms with Gasteiger partial charge in [-0.3, -0.25) is 0 Å². The summed E-state index contributed by atoms with van der Waals surface area (Å²) in [6.07, 6.45) is 0. The van der Waals surface area contributed by atoms with E-state index >= 15 is 0 Å². The summed E-state index contributed by atoms with van der Waals surface area (Å²) in [5.74, 6) is 0. The Morgan fingerprint density at radius 2 is 2.00 bits per heavy atom. The zero-order chi connectivity index (χ0) is 9.47. The molecule has 1 aliphatic heterocycles. The summed E-state index contributed by atoms with van der Waals surface area (Å²) < 4.78 is 4.94. The fourth-order valence-electron chi connectivity index (χ4n) is 1.32. The second kappa shape index (κ2) is 3.14. The average molecular weight is 219 g/mol. The van der Waals surface area contributed by atoms with E-state index in [2.05, 4.69) is 0 Å². The molecule has 1 aliphatic rings. The van der Waals surface area contributed by atoms with E-state index in [9.17, 15) is 5.11 Å². The van der Waals surface area contributed by atoms with Crippen LogP contribution in [0.1, 0.15) is 5.56 Å². The Morgan fingerprint density at radius 1 is 1.31 bits per heavy atom. The van der Waals surface area contributed by atoms with Crippen molar-refractivity contribution in [1.29, 1.82) is 0 Å². The zero-order valence-corrected chi connectivity index (χ0v) is 8.27. The van der Waals surface area contributed by atoms with Gasteiger partial charge in [0.1, 0.15) is 5.60 Å². The van der Waals surface area contributed by atoms with Gasteiger partial charge in [-0.25, -0.2) is 0 Å². The molecule has 70 valence electrons. The number of aliphatic hydroxyl groups is 1. The van der Waals surface area contributed by atoms with Crippen molar-refractivity contribution < 1.29 is 9.84 Å². The van der Waals surface area contributed by atoms with Crippen molar-refractivity contribution in [2.75, 3.05) is 13.2 Å². The zero-order valence-electron chi connectivity index (χ0n) is 6.76. The van der Waals surface area contributed by atoms with Crippen molar-refractivity contribution in [3.63, 3.8) is 0 Å². The largest absolute Gasteiger partial charge is 0.380 e. The molecule has 1 heterocycles. The van der Waals surface area contributed by atoms with Gasteiger partial charge in [-0.2, -0.15) is 0 Å². The second-order valence-corrected chi connectivity index (χ2v) is 3.99. The van der Waals surface area contributed by atoms with Crippen LogP contribution in [0.5, 0.6) is 0 Å².